The van der Waals surface area contributed by atoms with E-state index in [2.05, 4.69) is 41.6 Å². The van der Waals surface area contributed by atoms with Gasteiger partial charge in [0.25, 0.3) is 0 Å². The molecule has 1 aliphatic rings. The fourth-order valence-corrected chi connectivity index (χ4v) is 3.22. The molecule has 1 amide bonds. The van der Waals surface area contributed by atoms with E-state index in [1.165, 1.54) is 12.8 Å². The van der Waals surface area contributed by atoms with Gasteiger partial charge in [-0.1, -0.05) is 49.5 Å². The lowest BCUT2D eigenvalue weighted by Gasteiger charge is -2.32. The third kappa shape index (κ3) is 3.97. The van der Waals surface area contributed by atoms with Crippen molar-refractivity contribution in [2.24, 2.45) is 11.3 Å². The highest BCUT2D eigenvalue weighted by molar-refractivity contribution is 9.09. The van der Waals surface area contributed by atoms with Crippen molar-refractivity contribution in [1.29, 1.82) is 0 Å². The second-order valence-electron chi connectivity index (χ2n) is 5.80. The monoisotopic (exact) mass is 303 g/mol. The average molecular weight is 304 g/mol. The fourth-order valence-electron chi connectivity index (χ4n) is 2.79. The van der Waals surface area contributed by atoms with Crippen molar-refractivity contribution in [2.75, 3.05) is 18.4 Å². The summed E-state index contributed by atoms with van der Waals surface area (Å²) in [6.07, 6.45) is 5.75. The average Bonchev–Trinajstić information content (AvgIpc) is 2.63. The van der Waals surface area contributed by atoms with Crippen LogP contribution in [0.1, 0.15) is 52.9 Å². The van der Waals surface area contributed by atoms with E-state index >= 15 is 0 Å². The smallest absolute Gasteiger partial charge is 0.226 e. The topological polar surface area (TPSA) is 20.3 Å². The maximum Gasteiger partial charge on any atom is 0.226 e. The van der Waals surface area contributed by atoms with Crippen LogP contribution in [0.4, 0.5) is 0 Å². The summed E-state index contributed by atoms with van der Waals surface area (Å²) in [7, 11) is 0. The van der Waals surface area contributed by atoms with Crippen LogP contribution >= 0.6 is 15.9 Å². The summed E-state index contributed by atoms with van der Waals surface area (Å²) in [4.78, 5) is 14.6. The highest BCUT2D eigenvalue weighted by atomic mass is 79.9. The summed E-state index contributed by atoms with van der Waals surface area (Å²) in [5.41, 5.74) is 0.202. The lowest BCUT2D eigenvalue weighted by Crippen LogP contribution is -2.41. The Balaban J connectivity index is 2.63. The van der Waals surface area contributed by atoms with Crippen molar-refractivity contribution in [3.05, 3.63) is 0 Å². The molecule has 17 heavy (non-hydrogen) atoms. The summed E-state index contributed by atoms with van der Waals surface area (Å²) in [6.45, 7) is 8.44. The van der Waals surface area contributed by atoms with E-state index in [-0.39, 0.29) is 11.3 Å². The third-order valence-corrected chi connectivity index (χ3v) is 4.36. The first kappa shape index (κ1) is 15.0. The van der Waals surface area contributed by atoms with Gasteiger partial charge in [-0.2, -0.15) is 0 Å². The Kier molecular flexibility index (Phi) is 5.98. The standard InChI is InChI=1S/C14H26BrNO/c1-4-5-10-16(11-9-15)13(17)12-7-6-8-14(12,2)3/h12H,4-11H2,1-3H3. The van der Waals surface area contributed by atoms with Crippen molar-refractivity contribution in [3.8, 4) is 0 Å². The van der Waals surface area contributed by atoms with E-state index in [1.54, 1.807) is 0 Å². The van der Waals surface area contributed by atoms with Gasteiger partial charge < -0.3 is 4.90 Å². The van der Waals surface area contributed by atoms with Crippen molar-refractivity contribution in [2.45, 2.75) is 52.9 Å². The number of alkyl halides is 1. The largest absolute Gasteiger partial charge is 0.342 e. The molecule has 1 fully saturated rings. The van der Waals surface area contributed by atoms with Crippen LogP contribution in [0.5, 0.6) is 0 Å². The molecule has 0 aromatic rings. The van der Waals surface area contributed by atoms with Crippen LogP contribution in [0.15, 0.2) is 0 Å². The molecule has 1 rings (SSSR count). The molecule has 2 nitrogen and oxygen atoms in total. The Morgan fingerprint density at radius 1 is 1.41 bits per heavy atom. The van der Waals surface area contributed by atoms with Crippen LogP contribution in [0, 0.1) is 11.3 Å². The number of unbranched alkanes of at least 4 members (excludes halogenated alkanes) is 1. The molecule has 0 saturated heterocycles. The van der Waals surface area contributed by atoms with Crippen LogP contribution in [-0.2, 0) is 4.79 Å². The van der Waals surface area contributed by atoms with Gasteiger partial charge in [-0.25, -0.2) is 0 Å². The summed E-state index contributed by atoms with van der Waals surface area (Å²) in [5.74, 6) is 0.638. The Morgan fingerprint density at radius 2 is 2.12 bits per heavy atom. The first-order valence-electron chi connectivity index (χ1n) is 6.87. The summed E-state index contributed by atoms with van der Waals surface area (Å²) < 4.78 is 0. The van der Waals surface area contributed by atoms with Crippen molar-refractivity contribution >= 4 is 21.8 Å². The van der Waals surface area contributed by atoms with E-state index in [0.717, 1.165) is 37.7 Å². The number of hydrogen-bond acceptors (Lipinski definition) is 1. The van der Waals surface area contributed by atoms with E-state index in [9.17, 15) is 4.79 Å². The van der Waals surface area contributed by atoms with Gasteiger partial charge in [-0.3, -0.25) is 4.79 Å². The zero-order valence-corrected chi connectivity index (χ0v) is 13.1. The molecule has 1 saturated carbocycles. The van der Waals surface area contributed by atoms with Crippen LogP contribution < -0.4 is 0 Å². The number of carbonyl (C=O) groups excluding carboxylic acids is 1. The molecule has 1 aliphatic carbocycles. The van der Waals surface area contributed by atoms with Gasteiger partial charge in [0.15, 0.2) is 0 Å². The van der Waals surface area contributed by atoms with Crippen LogP contribution in [0.3, 0.4) is 0 Å². The highest BCUT2D eigenvalue weighted by Crippen LogP contribution is 2.43. The van der Waals surface area contributed by atoms with E-state index in [1.807, 2.05) is 0 Å². The SMILES string of the molecule is CCCCN(CCBr)C(=O)C1CCCC1(C)C. The number of carbonyl (C=O) groups is 1. The molecule has 0 bridgehead atoms. The normalized spacial score (nSPS) is 22.7. The minimum atomic E-state index is 0.202. The summed E-state index contributed by atoms with van der Waals surface area (Å²) in [6, 6.07) is 0. The summed E-state index contributed by atoms with van der Waals surface area (Å²) >= 11 is 3.45. The number of nitrogens with zero attached hydrogens (tertiary/aromatic N) is 1. The fraction of sp³-hybridized carbons (Fsp3) is 0.929. The second-order valence-corrected chi connectivity index (χ2v) is 6.59. The zero-order chi connectivity index (χ0) is 12.9. The Bertz CT molecular complexity index is 253. The van der Waals surface area contributed by atoms with Crippen molar-refractivity contribution < 1.29 is 4.79 Å². The van der Waals surface area contributed by atoms with Gasteiger partial charge in [0.05, 0.1) is 0 Å². The van der Waals surface area contributed by atoms with Gasteiger partial charge in [-0.05, 0) is 24.7 Å². The molecule has 0 aliphatic heterocycles. The van der Waals surface area contributed by atoms with Gasteiger partial charge in [0, 0.05) is 24.3 Å². The zero-order valence-electron chi connectivity index (χ0n) is 11.5. The quantitative estimate of drug-likeness (QED) is 0.683. The molecular weight excluding hydrogens is 278 g/mol. The lowest BCUT2D eigenvalue weighted by atomic mass is 9.81. The first-order chi connectivity index (χ1) is 8.03. The third-order valence-electron chi connectivity index (χ3n) is 4.00. The Hall–Kier alpha value is -0.0500. The predicted molar refractivity (Wildman–Crippen MR) is 76.4 cm³/mol. The minimum Gasteiger partial charge on any atom is -0.342 e. The molecule has 100 valence electrons. The highest BCUT2D eigenvalue weighted by Gasteiger charge is 2.40. The summed E-state index contributed by atoms with van der Waals surface area (Å²) in [5, 5.41) is 0.885. The van der Waals surface area contributed by atoms with Gasteiger partial charge in [0.1, 0.15) is 0 Å². The van der Waals surface area contributed by atoms with E-state index in [4.69, 9.17) is 0 Å². The molecule has 0 spiro atoms. The number of rotatable bonds is 6. The van der Waals surface area contributed by atoms with Gasteiger partial charge in [-0.15, -0.1) is 0 Å². The van der Waals surface area contributed by atoms with Crippen LogP contribution in [0.25, 0.3) is 0 Å². The minimum absolute atomic E-state index is 0.202. The number of amides is 1. The molecule has 0 aromatic carbocycles. The Labute approximate surface area is 114 Å². The van der Waals surface area contributed by atoms with Crippen LogP contribution in [-0.4, -0.2) is 29.2 Å². The van der Waals surface area contributed by atoms with Crippen molar-refractivity contribution in [3.63, 3.8) is 0 Å². The van der Waals surface area contributed by atoms with Crippen molar-refractivity contribution in [1.82, 2.24) is 4.90 Å². The number of halogens is 1. The van der Waals surface area contributed by atoms with Crippen LogP contribution in [0.2, 0.25) is 0 Å². The second kappa shape index (κ2) is 6.77. The molecule has 0 N–H and O–H groups in total. The molecule has 3 heteroatoms. The maximum atomic E-state index is 12.6. The first-order valence-corrected chi connectivity index (χ1v) is 8.00. The lowest BCUT2D eigenvalue weighted by molar-refractivity contribution is -0.138. The molecule has 0 radical (unpaired) electrons. The predicted octanol–water partition coefficient (Wildman–Crippen LogP) is 3.84. The molecular formula is C14H26BrNO. The Morgan fingerprint density at radius 3 is 2.59 bits per heavy atom. The molecule has 0 heterocycles. The van der Waals surface area contributed by atoms with E-state index in [0.29, 0.717) is 5.91 Å². The number of hydrogen-bond donors (Lipinski definition) is 0. The molecule has 1 atom stereocenters. The van der Waals surface area contributed by atoms with Gasteiger partial charge >= 0.3 is 0 Å². The van der Waals surface area contributed by atoms with Gasteiger partial charge in [0.2, 0.25) is 5.91 Å². The molecule has 0 aromatic heterocycles. The maximum absolute atomic E-state index is 12.6. The van der Waals surface area contributed by atoms with E-state index < -0.39 is 0 Å². The molecule has 1 unspecified atom stereocenters.